The molecule has 1 atom stereocenters. The molecule has 1 amide bonds. The SMILES string of the molecule is CCCC(Cc1ccc(OC)c(C(=O)NCc2ccc(Oc3cccc(OC)c3)cc2)c1)C(=O)O. The summed E-state index contributed by atoms with van der Waals surface area (Å²) in [4.78, 5) is 24.5. The Balaban J connectivity index is 1.64. The number of carbonyl (C=O) groups excluding carboxylic acids is 1. The molecule has 0 saturated carbocycles. The van der Waals surface area contributed by atoms with Crippen molar-refractivity contribution in [1.29, 1.82) is 0 Å². The molecule has 0 aliphatic carbocycles. The van der Waals surface area contributed by atoms with Gasteiger partial charge in [0.25, 0.3) is 5.91 Å². The topological polar surface area (TPSA) is 94.1 Å². The lowest BCUT2D eigenvalue weighted by Gasteiger charge is -2.14. The van der Waals surface area contributed by atoms with Gasteiger partial charge in [-0.15, -0.1) is 0 Å². The minimum Gasteiger partial charge on any atom is -0.497 e. The predicted octanol–water partition coefficient (Wildman–Crippen LogP) is 5.47. The molecule has 1 unspecified atom stereocenters. The minimum atomic E-state index is -0.826. The number of carbonyl (C=O) groups is 2. The third kappa shape index (κ3) is 7.24. The van der Waals surface area contributed by atoms with Crippen molar-refractivity contribution < 1.29 is 28.9 Å². The molecule has 0 spiro atoms. The van der Waals surface area contributed by atoms with Gasteiger partial charge in [0.2, 0.25) is 0 Å². The molecule has 0 bridgehead atoms. The largest absolute Gasteiger partial charge is 0.497 e. The molecular formula is C28H31NO6. The summed E-state index contributed by atoms with van der Waals surface area (Å²) in [5, 5.41) is 12.4. The van der Waals surface area contributed by atoms with Gasteiger partial charge in [-0.25, -0.2) is 0 Å². The van der Waals surface area contributed by atoms with E-state index in [4.69, 9.17) is 14.2 Å². The molecule has 3 aromatic carbocycles. The molecule has 0 heterocycles. The second kappa shape index (κ2) is 12.5. The van der Waals surface area contributed by atoms with Crippen LogP contribution in [0.3, 0.4) is 0 Å². The van der Waals surface area contributed by atoms with Gasteiger partial charge < -0.3 is 24.6 Å². The van der Waals surface area contributed by atoms with Crippen LogP contribution in [0.15, 0.2) is 66.7 Å². The third-order valence-corrected chi connectivity index (χ3v) is 5.63. The Hall–Kier alpha value is -4.00. The fourth-order valence-electron chi connectivity index (χ4n) is 3.76. The van der Waals surface area contributed by atoms with E-state index in [1.54, 1.807) is 25.3 Å². The molecule has 7 heteroatoms. The normalized spacial score (nSPS) is 11.4. The van der Waals surface area contributed by atoms with Crippen LogP contribution < -0.4 is 19.5 Å². The molecule has 184 valence electrons. The van der Waals surface area contributed by atoms with Gasteiger partial charge in [-0.3, -0.25) is 9.59 Å². The van der Waals surface area contributed by atoms with E-state index in [0.29, 0.717) is 47.9 Å². The Bertz CT molecular complexity index is 1140. The van der Waals surface area contributed by atoms with E-state index < -0.39 is 11.9 Å². The van der Waals surface area contributed by atoms with Crippen molar-refractivity contribution in [2.24, 2.45) is 5.92 Å². The number of rotatable bonds is 12. The quantitative estimate of drug-likeness (QED) is 0.359. The summed E-state index contributed by atoms with van der Waals surface area (Å²) < 4.78 is 16.4. The van der Waals surface area contributed by atoms with Crippen LogP contribution in [-0.2, 0) is 17.8 Å². The van der Waals surface area contributed by atoms with Crippen LogP contribution in [0.4, 0.5) is 0 Å². The van der Waals surface area contributed by atoms with E-state index in [1.807, 2.05) is 55.5 Å². The van der Waals surface area contributed by atoms with Crippen LogP contribution in [0.5, 0.6) is 23.0 Å². The van der Waals surface area contributed by atoms with Crippen LogP contribution in [-0.4, -0.2) is 31.2 Å². The first-order valence-electron chi connectivity index (χ1n) is 11.5. The summed E-state index contributed by atoms with van der Waals surface area (Å²) in [6, 6.07) is 20.0. The van der Waals surface area contributed by atoms with E-state index in [0.717, 1.165) is 17.5 Å². The smallest absolute Gasteiger partial charge is 0.306 e. The molecule has 0 saturated heterocycles. The molecule has 0 aliphatic rings. The van der Waals surface area contributed by atoms with Crippen LogP contribution in [0.25, 0.3) is 0 Å². The Morgan fingerprint density at radius 1 is 0.886 bits per heavy atom. The highest BCUT2D eigenvalue weighted by Crippen LogP contribution is 2.26. The van der Waals surface area contributed by atoms with Gasteiger partial charge >= 0.3 is 5.97 Å². The van der Waals surface area contributed by atoms with E-state index in [1.165, 1.54) is 7.11 Å². The molecule has 3 aromatic rings. The van der Waals surface area contributed by atoms with Gasteiger partial charge in [0.15, 0.2) is 0 Å². The molecule has 0 radical (unpaired) electrons. The molecule has 7 nitrogen and oxygen atoms in total. The number of methoxy groups -OCH3 is 2. The van der Waals surface area contributed by atoms with Crippen molar-refractivity contribution in [2.75, 3.05) is 14.2 Å². The first kappa shape index (κ1) is 25.6. The van der Waals surface area contributed by atoms with Gasteiger partial charge in [-0.05, 0) is 60.4 Å². The summed E-state index contributed by atoms with van der Waals surface area (Å²) in [6.45, 7) is 2.28. The number of aliphatic carboxylic acids is 1. The summed E-state index contributed by atoms with van der Waals surface area (Å²) in [6.07, 6.45) is 1.73. The van der Waals surface area contributed by atoms with E-state index in [2.05, 4.69) is 5.32 Å². The maximum absolute atomic E-state index is 12.9. The van der Waals surface area contributed by atoms with Gasteiger partial charge in [-0.2, -0.15) is 0 Å². The Kier molecular flexibility index (Phi) is 9.12. The first-order chi connectivity index (χ1) is 16.9. The van der Waals surface area contributed by atoms with Crippen molar-refractivity contribution in [3.63, 3.8) is 0 Å². The highest BCUT2D eigenvalue weighted by Gasteiger charge is 2.19. The van der Waals surface area contributed by atoms with Gasteiger partial charge in [0.05, 0.1) is 25.7 Å². The zero-order valence-electron chi connectivity index (χ0n) is 20.2. The lowest BCUT2D eigenvalue weighted by Crippen LogP contribution is -2.24. The maximum Gasteiger partial charge on any atom is 0.306 e. The minimum absolute atomic E-state index is 0.289. The number of amides is 1. The molecule has 0 fully saturated rings. The summed E-state index contributed by atoms with van der Waals surface area (Å²) in [5.41, 5.74) is 2.07. The van der Waals surface area contributed by atoms with Crippen LogP contribution in [0.1, 0.15) is 41.3 Å². The summed E-state index contributed by atoms with van der Waals surface area (Å²) >= 11 is 0. The van der Waals surface area contributed by atoms with E-state index in [9.17, 15) is 14.7 Å². The highest BCUT2D eigenvalue weighted by atomic mass is 16.5. The van der Waals surface area contributed by atoms with Gasteiger partial charge in [0, 0.05) is 12.6 Å². The third-order valence-electron chi connectivity index (χ3n) is 5.63. The summed E-state index contributed by atoms with van der Waals surface area (Å²) in [7, 11) is 3.11. The molecule has 0 aliphatic heterocycles. The molecule has 35 heavy (non-hydrogen) atoms. The lowest BCUT2D eigenvalue weighted by molar-refractivity contribution is -0.141. The van der Waals surface area contributed by atoms with Crippen LogP contribution in [0.2, 0.25) is 0 Å². The fourth-order valence-corrected chi connectivity index (χ4v) is 3.76. The first-order valence-corrected chi connectivity index (χ1v) is 11.5. The monoisotopic (exact) mass is 477 g/mol. The number of hydrogen-bond acceptors (Lipinski definition) is 5. The maximum atomic E-state index is 12.9. The number of ether oxygens (including phenoxy) is 3. The highest BCUT2D eigenvalue weighted by molar-refractivity contribution is 5.97. The van der Waals surface area contributed by atoms with Gasteiger partial charge in [0.1, 0.15) is 23.0 Å². The zero-order valence-corrected chi connectivity index (χ0v) is 20.2. The molecule has 0 aromatic heterocycles. The second-order valence-corrected chi connectivity index (χ2v) is 8.17. The average molecular weight is 478 g/mol. The second-order valence-electron chi connectivity index (χ2n) is 8.17. The van der Waals surface area contributed by atoms with Crippen molar-refractivity contribution >= 4 is 11.9 Å². The number of nitrogens with one attached hydrogen (secondary N) is 1. The Labute approximate surface area is 205 Å². The predicted molar refractivity (Wildman–Crippen MR) is 133 cm³/mol. The number of carboxylic acids is 1. The van der Waals surface area contributed by atoms with E-state index >= 15 is 0 Å². The lowest BCUT2D eigenvalue weighted by atomic mass is 9.94. The fraction of sp³-hybridized carbons (Fsp3) is 0.286. The van der Waals surface area contributed by atoms with Crippen molar-refractivity contribution in [2.45, 2.75) is 32.7 Å². The molecular weight excluding hydrogens is 446 g/mol. The zero-order chi connectivity index (χ0) is 25.2. The van der Waals surface area contributed by atoms with Crippen LogP contribution >= 0.6 is 0 Å². The number of hydrogen-bond donors (Lipinski definition) is 2. The molecule has 2 N–H and O–H groups in total. The average Bonchev–Trinajstić information content (AvgIpc) is 2.87. The number of benzene rings is 3. The summed E-state index contributed by atoms with van der Waals surface area (Å²) in [5.74, 6) is 0.891. The van der Waals surface area contributed by atoms with Crippen molar-refractivity contribution in [3.05, 3.63) is 83.4 Å². The van der Waals surface area contributed by atoms with E-state index in [-0.39, 0.29) is 5.91 Å². The van der Waals surface area contributed by atoms with Crippen molar-refractivity contribution in [3.8, 4) is 23.0 Å². The van der Waals surface area contributed by atoms with Gasteiger partial charge in [-0.1, -0.05) is 37.6 Å². The Morgan fingerprint density at radius 3 is 2.26 bits per heavy atom. The molecule has 3 rings (SSSR count). The van der Waals surface area contributed by atoms with Crippen molar-refractivity contribution in [1.82, 2.24) is 5.32 Å². The standard InChI is InChI=1S/C28H31NO6/c1-4-6-21(28(31)32)15-20-11-14-26(34-3)25(16-20)27(30)29-18-19-9-12-22(13-10-19)35-24-8-5-7-23(17-24)33-2/h5,7-14,16-17,21H,4,6,15,18H2,1-3H3,(H,29,30)(H,31,32). The van der Waals surface area contributed by atoms with Crippen LogP contribution in [0, 0.1) is 5.92 Å². The number of carboxylic acid groups (broad SMARTS) is 1. The Morgan fingerprint density at radius 2 is 1.60 bits per heavy atom.